The summed E-state index contributed by atoms with van der Waals surface area (Å²) in [4.78, 5) is 0. The van der Waals surface area contributed by atoms with Crippen molar-refractivity contribution in [1.29, 1.82) is 0 Å². The third-order valence-corrected chi connectivity index (χ3v) is 5.94. The van der Waals surface area contributed by atoms with Crippen LogP contribution in [-0.2, 0) is 9.84 Å². The smallest absolute Gasteiger partial charge is 0.150 e. The van der Waals surface area contributed by atoms with Gasteiger partial charge in [0.05, 0.1) is 11.5 Å². The monoisotopic (exact) mass is 236 g/mol. The Balaban J connectivity index is 2.01. The first-order chi connectivity index (χ1) is 6.58. The van der Waals surface area contributed by atoms with E-state index in [9.17, 15) is 8.42 Å². The first kappa shape index (κ1) is 10.7. The maximum absolute atomic E-state index is 11.3. The maximum Gasteiger partial charge on any atom is 0.150 e. The molecule has 1 saturated carbocycles. The topological polar surface area (TPSA) is 34.1 Å². The van der Waals surface area contributed by atoms with Crippen LogP contribution in [0.4, 0.5) is 0 Å². The van der Waals surface area contributed by atoms with Gasteiger partial charge in [-0.25, -0.2) is 8.42 Å². The molecule has 0 aromatic rings. The average molecular weight is 237 g/mol. The Morgan fingerprint density at radius 2 is 1.79 bits per heavy atom. The highest BCUT2D eigenvalue weighted by atomic mass is 35.5. The molecule has 0 bridgehead atoms. The van der Waals surface area contributed by atoms with Gasteiger partial charge < -0.3 is 0 Å². The second-order valence-electron chi connectivity index (χ2n) is 4.63. The molecule has 0 N–H and O–H groups in total. The fourth-order valence-electron chi connectivity index (χ4n) is 2.81. The van der Waals surface area contributed by atoms with Crippen molar-refractivity contribution in [3.8, 4) is 0 Å². The van der Waals surface area contributed by atoms with Crippen LogP contribution in [0, 0.1) is 11.8 Å². The van der Waals surface area contributed by atoms with Gasteiger partial charge in [-0.1, -0.05) is 12.8 Å². The average Bonchev–Trinajstić information content (AvgIpc) is 2.47. The van der Waals surface area contributed by atoms with E-state index >= 15 is 0 Å². The molecule has 3 unspecified atom stereocenters. The molecule has 0 aromatic carbocycles. The largest absolute Gasteiger partial charge is 0.229 e. The molecule has 1 aliphatic heterocycles. The fourth-order valence-corrected chi connectivity index (χ4v) is 5.19. The van der Waals surface area contributed by atoms with Gasteiger partial charge >= 0.3 is 0 Å². The van der Waals surface area contributed by atoms with Crippen molar-refractivity contribution in [3.05, 3.63) is 0 Å². The minimum Gasteiger partial charge on any atom is -0.229 e. The quantitative estimate of drug-likeness (QED) is 0.655. The van der Waals surface area contributed by atoms with Crippen LogP contribution >= 0.6 is 11.6 Å². The lowest BCUT2D eigenvalue weighted by Crippen LogP contribution is -2.28. The second-order valence-corrected chi connectivity index (χ2v) is 7.42. The van der Waals surface area contributed by atoms with E-state index in [2.05, 4.69) is 0 Å². The summed E-state index contributed by atoms with van der Waals surface area (Å²) in [5.41, 5.74) is 0. The Hall–Kier alpha value is 0.240. The van der Waals surface area contributed by atoms with Gasteiger partial charge in [0.25, 0.3) is 0 Å². The van der Waals surface area contributed by atoms with Gasteiger partial charge in [-0.2, -0.15) is 0 Å². The van der Waals surface area contributed by atoms with Crippen molar-refractivity contribution in [2.24, 2.45) is 11.8 Å². The Kier molecular flexibility index (Phi) is 3.08. The molecular formula is C10H17ClO2S. The number of halogens is 1. The van der Waals surface area contributed by atoms with Gasteiger partial charge in [-0.15, -0.1) is 11.6 Å². The van der Waals surface area contributed by atoms with Crippen LogP contribution in [0.25, 0.3) is 0 Å². The van der Waals surface area contributed by atoms with Crippen LogP contribution in [0.2, 0.25) is 0 Å². The SMILES string of the molecule is O=S1(=O)CCC(C2CCCCC2Cl)C1. The Bertz CT molecular complexity index is 299. The molecule has 0 aromatic heterocycles. The molecule has 82 valence electrons. The molecule has 14 heavy (non-hydrogen) atoms. The zero-order chi connectivity index (χ0) is 10.2. The molecule has 3 atom stereocenters. The van der Waals surface area contributed by atoms with E-state index in [0.29, 0.717) is 23.3 Å². The van der Waals surface area contributed by atoms with E-state index < -0.39 is 9.84 Å². The van der Waals surface area contributed by atoms with Crippen molar-refractivity contribution >= 4 is 21.4 Å². The Labute approximate surface area is 90.9 Å². The molecule has 0 radical (unpaired) electrons. The van der Waals surface area contributed by atoms with Crippen molar-refractivity contribution < 1.29 is 8.42 Å². The van der Waals surface area contributed by atoms with Crippen LogP contribution in [-0.4, -0.2) is 25.3 Å². The van der Waals surface area contributed by atoms with Crippen LogP contribution in [0.15, 0.2) is 0 Å². The summed E-state index contributed by atoms with van der Waals surface area (Å²) in [5, 5.41) is 0.224. The summed E-state index contributed by atoms with van der Waals surface area (Å²) in [6, 6.07) is 0. The molecular weight excluding hydrogens is 220 g/mol. The first-order valence-electron chi connectivity index (χ1n) is 5.43. The summed E-state index contributed by atoms with van der Waals surface area (Å²) in [6.45, 7) is 0. The van der Waals surface area contributed by atoms with Crippen molar-refractivity contribution in [2.45, 2.75) is 37.5 Å². The number of sulfone groups is 1. The summed E-state index contributed by atoms with van der Waals surface area (Å²) in [6.07, 6.45) is 5.49. The third-order valence-electron chi connectivity index (χ3n) is 3.61. The maximum atomic E-state index is 11.3. The summed E-state index contributed by atoms with van der Waals surface area (Å²) in [5.74, 6) is 1.59. The predicted molar refractivity (Wildman–Crippen MR) is 58.4 cm³/mol. The molecule has 2 aliphatic rings. The highest BCUT2D eigenvalue weighted by Gasteiger charge is 2.37. The van der Waals surface area contributed by atoms with Crippen LogP contribution in [0.3, 0.4) is 0 Å². The second kappa shape index (κ2) is 4.01. The van der Waals surface area contributed by atoms with Gasteiger partial charge in [0.15, 0.2) is 9.84 Å². The number of hydrogen-bond donors (Lipinski definition) is 0. The van der Waals surface area contributed by atoms with Gasteiger partial charge in [0.2, 0.25) is 0 Å². The first-order valence-corrected chi connectivity index (χ1v) is 7.69. The minimum absolute atomic E-state index is 0.224. The van der Waals surface area contributed by atoms with E-state index in [1.807, 2.05) is 0 Å². The highest BCUT2D eigenvalue weighted by Crippen LogP contribution is 2.38. The summed E-state index contributed by atoms with van der Waals surface area (Å²) < 4.78 is 22.7. The summed E-state index contributed by atoms with van der Waals surface area (Å²) in [7, 11) is -2.73. The zero-order valence-electron chi connectivity index (χ0n) is 8.28. The molecule has 0 spiro atoms. The molecule has 2 rings (SSSR count). The Morgan fingerprint density at radius 1 is 1.07 bits per heavy atom. The van der Waals surface area contributed by atoms with Crippen LogP contribution in [0.1, 0.15) is 32.1 Å². The molecule has 0 amide bonds. The van der Waals surface area contributed by atoms with Crippen molar-refractivity contribution in [3.63, 3.8) is 0 Å². The molecule has 2 nitrogen and oxygen atoms in total. The van der Waals surface area contributed by atoms with E-state index in [1.54, 1.807) is 0 Å². The highest BCUT2D eigenvalue weighted by molar-refractivity contribution is 7.91. The predicted octanol–water partition coefficient (Wildman–Crippen LogP) is 2.22. The van der Waals surface area contributed by atoms with E-state index in [-0.39, 0.29) is 5.38 Å². The standard InChI is InChI=1S/C10H17ClO2S/c11-10-4-2-1-3-9(10)8-5-6-14(12,13)7-8/h8-10H,1-7H2. The molecule has 1 aliphatic carbocycles. The number of rotatable bonds is 1. The minimum atomic E-state index is -2.73. The van der Waals surface area contributed by atoms with Gasteiger partial charge in [0, 0.05) is 5.38 Å². The lowest BCUT2D eigenvalue weighted by molar-refractivity contribution is 0.274. The zero-order valence-corrected chi connectivity index (χ0v) is 9.86. The van der Waals surface area contributed by atoms with Crippen molar-refractivity contribution in [2.75, 3.05) is 11.5 Å². The van der Waals surface area contributed by atoms with Gasteiger partial charge in [0.1, 0.15) is 0 Å². The fraction of sp³-hybridized carbons (Fsp3) is 1.00. The molecule has 2 fully saturated rings. The molecule has 1 heterocycles. The lowest BCUT2D eigenvalue weighted by atomic mass is 9.79. The van der Waals surface area contributed by atoms with Gasteiger partial charge in [-0.05, 0) is 31.1 Å². The number of hydrogen-bond acceptors (Lipinski definition) is 2. The lowest BCUT2D eigenvalue weighted by Gasteiger charge is -2.31. The summed E-state index contributed by atoms with van der Waals surface area (Å²) >= 11 is 6.26. The molecule has 4 heteroatoms. The van der Waals surface area contributed by atoms with Crippen LogP contribution < -0.4 is 0 Å². The van der Waals surface area contributed by atoms with Crippen molar-refractivity contribution in [1.82, 2.24) is 0 Å². The Morgan fingerprint density at radius 3 is 2.36 bits per heavy atom. The molecule has 1 saturated heterocycles. The van der Waals surface area contributed by atoms with E-state index in [0.717, 1.165) is 19.3 Å². The van der Waals surface area contributed by atoms with Crippen LogP contribution in [0.5, 0.6) is 0 Å². The van der Waals surface area contributed by atoms with E-state index in [4.69, 9.17) is 11.6 Å². The normalized spacial score (nSPS) is 42.5. The van der Waals surface area contributed by atoms with E-state index in [1.165, 1.54) is 12.8 Å². The van der Waals surface area contributed by atoms with Gasteiger partial charge in [-0.3, -0.25) is 0 Å². The third kappa shape index (κ3) is 2.25. The number of alkyl halides is 1.